The Morgan fingerprint density at radius 2 is 2.08 bits per heavy atom. The molecule has 2 aromatic rings. The SMILES string of the molecule is CCOc1cc(C2=NCCS2)cc(Br)c1OCc1ccccc1F. The second-order valence-electron chi connectivity index (χ2n) is 5.13. The van der Waals surface area contributed by atoms with Crippen LogP contribution in [0.3, 0.4) is 0 Å². The van der Waals surface area contributed by atoms with Crippen LogP contribution in [0.5, 0.6) is 11.5 Å². The summed E-state index contributed by atoms with van der Waals surface area (Å²) in [4.78, 5) is 4.50. The predicted octanol–water partition coefficient (Wildman–Crippen LogP) is 5.06. The van der Waals surface area contributed by atoms with E-state index in [4.69, 9.17) is 9.47 Å². The molecule has 126 valence electrons. The first-order valence-corrected chi connectivity index (χ1v) is 9.47. The van der Waals surface area contributed by atoms with Gasteiger partial charge in [-0.2, -0.15) is 0 Å². The Morgan fingerprint density at radius 3 is 2.79 bits per heavy atom. The van der Waals surface area contributed by atoms with Crippen molar-refractivity contribution in [3.8, 4) is 11.5 Å². The molecule has 0 saturated carbocycles. The first-order valence-electron chi connectivity index (χ1n) is 7.69. The molecule has 0 fully saturated rings. The lowest BCUT2D eigenvalue weighted by Gasteiger charge is -2.15. The first kappa shape index (κ1) is 17.3. The fourth-order valence-corrected chi connectivity index (χ4v) is 3.77. The average Bonchev–Trinajstić information content (AvgIpc) is 3.10. The zero-order valence-electron chi connectivity index (χ0n) is 13.2. The van der Waals surface area contributed by atoms with E-state index in [1.807, 2.05) is 19.1 Å². The molecule has 1 aliphatic heterocycles. The van der Waals surface area contributed by atoms with Crippen LogP contribution in [-0.2, 0) is 6.61 Å². The van der Waals surface area contributed by atoms with Gasteiger partial charge in [0, 0.05) is 23.4 Å². The zero-order valence-corrected chi connectivity index (χ0v) is 15.6. The third-order valence-electron chi connectivity index (χ3n) is 3.47. The third-order valence-corrected chi connectivity index (χ3v) is 5.09. The van der Waals surface area contributed by atoms with Gasteiger partial charge in [0.15, 0.2) is 11.5 Å². The van der Waals surface area contributed by atoms with E-state index in [1.165, 1.54) is 6.07 Å². The molecular formula is C18H17BrFNO2S. The molecule has 3 nitrogen and oxygen atoms in total. The van der Waals surface area contributed by atoms with Gasteiger partial charge in [0.2, 0.25) is 0 Å². The van der Waals surface area contributed by atoms with Crippen molar-refractivity contribution in [1.82, 2.24) is 0 Å². The smallest absolute Gasteiger partial charge is 0.175 e. The number of thioether (sulfide) groups is 1. The van der Waals surface area contributed by atoms with Gasteiger partial charge in [-0.3, -0.25) is 4.99 Å². The summed E-state index contributed by atoms with van der Waals surface area (Å²) in [5, 5.41) is 1.01. The molecule has 0 bridgehead atoms. The maximum absolute atomic E-state index is 13.8. The number of hydrogen-bond acceptors (Lipinski definition) is 4. The van der Waals surface area contributed by atoms with Crippen molar-refractivity contribution < 1.29 is 13.9 Å². The van der Waals surface area contributed by atoms with Gasteiger partial charge < -0.3 is 9.47 Å². The Labute approximate surface area is 153 Å². The molecule has 0 N–H and O–H groups in total. The van der Waals surface area contributed by atoms with Gasteiger partial charge >= 0.3 is 0 Å². The number of rotatable bonds is 6. The molecule has 0 atom stereocenters. The van der Waals surface area contributed by atoms with Gasteiger partial charge in [-0.15, -0.1) is 11.8 Å². The predicted molar refractivity (Wildman–Crippen MR) is 99.9 cm³/mol. The Bertz CT molecular complexity index is 767. The van der Waals surface area contributed by atoms with Crippen LogP contribution in [0, 0.1) is 5.82 Å². The molecular weight excluding hydrogens is 393 g/mol. The summed E-state index contributed by atoms with van der Waals surface area (Å²) in [6.07, 6.45) is 0. The van der Waals surface area contributed by atoms with Crippen molar-refractivity contribution in [2.75, 3.05) is 18.9 Å². The maximum atomic E-state index is 13.8. The van der Waals surface area contributed by atoms with Crippen LogP contribution in [0.15, 0.2) is 45.9 Å². The topological polar surface area (TPSA) is 30.8 Å². The normalized spacial score (nSPS) is 13.7. The fourth-order valence-electron chi connectivity index (χ4n) is 2.37. The van der Waals surface area contributed by atoms with Crippen LogP contribution in [0.1, 0.15) is 18.1 Å². The minimum Gasteiger partial charge on any atom is -0.490 e. The van der Waals surface area contributed by atoms with E-state index in [2.05, 4.69) is 20.9 Å². The molecule has 1 aliphatic rings. The molecule has 0 spiro atoms. The maximum Gasteiger partial charge on any atom is 0.175 e. The molecule has 1 heterocycles. The van der Waals surface area contributed by atoms with Crippen molar-refractivity contribution in [1.29, 1.82) is 0 Å². The van der Waals surface area contributed by atoms with Crippen LogP contribution in [0.4, 0.5) is 4.39 Å². The quantitative estimate of drug-likeness (QED) is 0.667. The van der Waals surface area contributed by atoms with Crippen LogP contribution in [0.2, 0.25) is 0 Å². The summed E-state index contributed by atoms with van der Waals surface area (Å²) in [7, 11) is 0. The Morgan fingerprint density at radius 1 is 1.25 bits per heavy atom. The molecule has 0 saturated heterocycles. The third kappa shape index (κ3) is 3.92. The molecule has 0 amide bonds. The van der Waals surface area contributed by atoms with Crippen LogP contribution in [-0.4, -0.2) is 23.9 Å². The average molecular weight is 410 g/mol. The van der Waals surface area contributed by atoms with E-state index in [-0.39, 0.29) is 12.4 Å². The summed E-state index contributed by atoms with van der Waals surface area (Å²) in [5.74, 6) is 1.93. The molecule has 2 aromatic carbocycles. The molecule has 0 aromatic heterocycles. The van der Waals surface area contributed by atoms with E-state index in [0.29, 0.717) is 23.7 Å². The number of benzene rings is 2. The lowest BCUT2D eigenvalue weighted by molar-refractivity contribution is 0.264. The summed E-state index contributed by atoms with van der Waals surface area (Å²) in [5.41, 5.74) is 1.51. The van der Waals surface area contributed by atoms with E-state index in [1.54, 1.807) is 30.0 Å². The van der Waals surface area contributed by atoms with Gasteiger partial charge in [-0.05, 0) is 41.1 Å². The Kier molecular flexibility index (Phi) is 5.79. The van der Waals surface area contributed by atoms with Gasteiger partial charge in [0.05, 0.1) is 16.1 Å². The molecule has 0 unspecified atom stereocenters. The van der Waals surface area contributed by atoms with Crippen molar-refractivity contribution in [3.63, 3.8) is 0 Å². The number of ether oxygens (including phenoxy) is 2. The largest absolute Gasteiger partial charge is 0.490 e. The monoisotopic (exact) mass is 409 g/mol. The van der Waals surface area contributed by atoms with Crippen LogP contribution < -0.4 is 9.47 Å². The number of hydrogen-bond donors (Lipinski definition) is 0. The highest BCUT2D eigenvalue weighted by atomic mass is 79.9. The Balaban J connectivity index is 1.87. The van der Waals surface area contributed by atoms with Crippen molar-refractivity contribution in [2.45, 2.75) is 13.5 Å². The highest BCUT2D eigenvalue weighted by Crippen LogP contribution is 2.39. The van der Waals surface area contributed by atoms with Crippen molar-refractivity contribution in [2.24, 2.45) is 4.99 Å². The lowest BCUT2D eigenvalue weighted by Crippen LogP contribution is -2.04. The van der Waals surface area contributed by atoms with Gasteiger partial charge in [0.1, 0.15) is 12.4 Å². The molecule has 6 heteroatoms. The number of aliphatic imine (C=N–C) groups is 1. The van der Waals surface area contributed by atoms with Crippen molar-refractivity contribution in [3.05, 3.63) is 57.8 Å². The molecule has 24 heavy (non-hydrogen) atoms. The fraction of sp³-hybridized carbons (Fsp3) is 0.278. The van der Waals surface area contributed by atoms with E-state index < -0.39 is 0 Å². The Hall–Kier alpha value is -1.53. The zero-order chi connectivity index (χ0) is 16.9. The molecule has 0 aliphatic carbocycles. The highest BCUT2D eigenvalue weighted by molar-refractivity contribution is 9.10. The summed E-state index contributed by atoms with van der Waals surface area (Å²) in [6.45, 7) is 3.42. The summed E-state index contributed by atoms with van der Waals surface area (Å²) < 4.78 is 26.1. The minimum atomic E-state index is -0.278. The summed E-state index contributed by atoms with van der Waals surface area (Å²) in [6, 6.07) is 10.5. The second kappa shape index (κ2) is 8.03. The standard InChI is InChI=1S/C18H17BrFNO2S/c1-2-22-16-10-13(18-21-7-8-24-18)9-14(19)17(16)23-11-12-5-3-4-6-15(12)20/h3-6,9-10H,2,7-8,11H2,1H3. The second-order valence-corrected chi connectivity index (χ2v) is 7.07. The van der Waals surface area contributed by atoms with Crippen LogP contribution in [0.25, 0.3) is 0 Å². The number of nitrogens with zero attached hydrogens (tertiary/aromatic N) is 1. The lowest BCUT2D eigenvalue weighted by atomic mass is 10.2. The van der Waals surface area contributed by atoms with Crippen LogP contribution >= 0.6 is 27.7 Å². The molecule has 0 radical (unpaired) electrons. The van der Waals surface area contributed by atoms with Gasteiger partial charge in [0.25, 0.3) is 0 Å². The minimum absolute atomic E-state index is 0.139. The van der Waals surface area contributed by atoms with E-state index in [0.717, 1.165) is 27.4 Å². The van der Waals surface area contributed by atoms with E-state index >= 15 is 0 Å². The summed E-state index contributed by atoms with van der Waals surface area (Å²) >= 11 is 5.28. The van der Waals surface area contributed by atoms with Crippen molar-refractivity contribution >= 4 is 32.7 Å². The molecule has 3 rings (SSSR count). The van der Waals surface area contributed by atoms with Gasteiger partial charge in [-0.1, -0.05) is 18.2 Å². The first-order chi connectivity index (χ1) is 11.7. The highest BCUT2D eigenvalue weighted by Gasteiger charge is 2.17. The number of halogens is 2. The van der Waals surface area contributed by atoms with Gasteiger partial charge in [-0.25, -0.2) is 4.39 Å². The van der Waals surface area contributed by atoms with E-state index in [9.17, 15) is 4.39 Å².